The highest BCUT2D eigenvalue weighted by Crippen LogP contribution is 2.28. The average Bonchev–Trinajstić information content (AvgIpc) is 2.60. The molecule has 1 aliphatic carbocycles. The Morgan fingerprint density at radius 2 is 1.43 bits per heavy atom. The number of hydrogen-bond acceptors (Lipinski definition) is 4. The van der Waals surface area contributed by atoms with Gasteiger partial charge in [0.1, 0.15) is 5.75 Å². The molecule has 0 aromatic heterocycles. The predicted octanol–water partition coefficient (Wildman–Crippen LogP) is 3.27. The molecule has 0 spiro atoms. The molecule has 0 heterocycles. The molecular weight excluding hydrogens is 292 g/mol. The molecule has 0 amide bonds. The molecule has 0 unspecified atom stereocenters. The normalized spacial score (nSPS) is 13.8. The minimum absolute atomic E-state index is 0.0566. The van der Waals surface area contributed by atoms with Crippen LogP contribution in [0, 0.1) is 0 Å². The van der Waals surface area contributed by atoms with Crippen LogP contribution < -0.4 is 4.74 Å². The largest absolute Gasteiger partial charge is 0.497 e. The number of rotatable bonds is 3. The van der Waals surface area contributed by atoms with E-state index >= 15 is 0 Å². The Morgan fingerprint density at radius 3 is 2.00 bits per heavy atom. The topological polar surface area (TPSA) is 60.4 Å². The van der Waals surface area contributed by atoms with Gasteiger partial charge in [0.2, 0.25) is 0 Å². The second kappa shape index (κ2) is 5.65. The van der Waals surface area contributed by atoms with E-state index in [9.17, 15) is 14.4 Å². The second-order valence-corrected chi connectivity index (χ2v) is 5.26. The van der Waals surface area contributed by atoms with Crippen LogP contribution in [0.5, 0.6) is 5.75 Å². The van der Waals surface area contributed by atoms with Gasteiger partial charge in [-0.1, -0.05) is 24.3 Å². The molecule has 0 radical (unpaired) electrons. The summed E-state index contributed by atoms with van der Waals surface area (Å²) in [5.74, 6) is -0.516. The third-order valence-corrected chi connectivity index (χ3v) is 3.94. The molecule has 4 heteroatoms. The maximum absolute atomic E-state index is 12.7. The van der Waals surface area contributed by atoms with Gasteiger partial charge in [0, 0.05) is 22.3 Å². The van der Waals surface area contributed by atoms with E-state index in [-0.39, 0.29) is 22.5 Å². The molecule has 0 N–H and O–H groups in total. The van der Waals surface area contributed by atoms with Gasteiger partial charge in [0.15, 0.2) is 17.3 Å². The molecule has 0 saturated heterocycles. The SMILES string of the molecule is COc1ccc(C(=O)C2=C(C)C(=O)c3ccccc3C2=O)cc1. The second-order valence-electron chi connectivity index (χ2n) is 5.26. The smallest absolute Gasteiger partial charge is 0.198 e. The first kappa shape index (κ1) is 14.9. The minimum Gasteiger partial charge on any atom is -0.497 e. The molecule has 23 heavy (non-hydrogen) atoms. The first-order chi connectivity index (χ1) is 11.0. The van der Waals surface area contributed by atoms with Crippen molar-refractivity contribution in [1.29, 1.82) is 0 Å². The molecule has 1 aliphatic rings. The number of fused-ring (bicyclic) bond motifs is 1. The monoisotopic (exact) mass is 306 g/mol. The van der Waals surface area contributed by atoms with E-state index in [1.165, 1.54) is 14.0 Å². The van der Waals surface area contributed by atoms with Gasteiger partial charge in [-0.05, 0) is 31.2 Å². The predicted molar refractivity (Wildman–Crippen MR) is 85.1 cm³/mol. The summed E-state index contributed by atoms with van der Waals surface area (Å²) in [4.78, 5) is 37.8. The van der Waals surface area contributed by atoms with Crippen molar-refractivity contribution < 1.29 is 19.1 Å². The number of ketones is 3. The highest BCUT2D eigenvalue weighted by molar-refractivity contribution is 6.39. The lowest BCUT2D eigenvalue weighted by atomic mass is 9.82. The van der Waals surface area contributed by atoms with Crippen LogP contribution in [0.3, 0.4) is 0 Å². The Morgan fingerprint density at radius 1 is 0.870 bits per heavy atom. The van der Waals surface area contributed by atoms with Crippen LogP contribution in [0.15, 0.2) is 59.7 Å². The number of carbonyl (C=O) groups is 3. The lowest BCUT2D eigenvalue weighted by Gasteiger charge is -2.18. The zero-order chi connectivity index (χ0) is 16.6. The zero-order valence-electron chi connectivity index (χ0n) is 12.8. The van der Waals surface area contributed by atoms with Crippen molar-refractivity contribution in [3.63, 3.8) is 0 Å². The molecule has 0 fully saturated rings. The Balaban J connectivity index is 2.08. The van der Waals surface area contributed by atoms with Gasteiger partial charge in [-0.3, -0.25) is 14.4 Å². The van der Waals surface area contributed by atoms with Crippen molar-refractivity contribution in [3.8, 4) is 5.75 Å². The summed E-state index contributed by atoms with van der Waals surface area (Å²) in [7, 11) is 1.53. The van der Waals surface area contributed by atoms with Crippen molar-refractivity contribution in [2.75, 3.05) is 7.11 Å². The fourth-order valence-corrected chi connectivity index (χ4v) is 2.66. The third kappa shape index (κ3) is 2.38. The Hall–Kier alpha value is -3.01. The summed E-state index contributed by atoms with van der Waals surface area (Å²) in [6.07, 6.45) is 0. The maximum Gasteiger partial charge on any atom is 0.198 e. The lowest BCUT2D eigenvalue weighted by molar-refractivity contribution is 0.0927. The van der Waals surface area contributed by atoms with Gasteiger partial charge in [0.25, 0.3) is 0 Å². The Labute approximate surface area is 133 Å². The van der Waals surface area contributed by atoms with Gasteiger partial charge in [-0.25, -0.2) is 0 Å². The van der Waals surface area contributed by atoms with Gasteiger partial charge in [-0.2, -0.15) is 0 Å². The van der Waals surface area contributed by atoms with E-state index in [1.807, 2.05) is 0 Å². The molecule has 0 bridgehead atoms. The first-order valence-corrected chi connectivity index (χ1v) is 7.12. The summed E-state index contributed by atoms with van der Waals surface area (Å²) in [5.41, 5.74) is 1.11. The maximum atomic E-state index is 12.7. The quantitative estimate of drug-likeness (QED) is 0.645. The van der Waals surface area contributed by atoms with Crippen molar-refractivity contribution in [1.82, 2.24) is 0 Å². The van der Waals surface area contributed by atoms with Crippen LogP contribution >= 0.6 is 0 Å². The number of benzene rings is 2. The van der Waals surface area contributed by atoms with E-state index < -0.39 is 11.6 Å². The van der Waals surface area contributed by atoms with E-state index in [0.717, 1.165) is 0 Å². The fraction of sp³-hybridized carbons (Fsp3) is 0.105. The molecule has 4 nitrogen and oxygen atoms in total. The molecule has 2 aromatic rings. The van der Waals surface area contributed by atoms with E-state index in [1.54, 1.807) is 48.5 Å². The van der Waals surface area contributed by atoms with Crippen molar-refractivity contribution in [2.24, 2.45) is 0 Å². The van der Waals surface area contributed by atoms with Crippen LogP contribution in [0.2, 0.25) is 0 Å². The number of allylic oxidation sites excluding steroid dienone is 2. The van der Waals surface area contributed by atoms with Crippen LogP contribution in [-0.2, 0) is 0 Å². The van der Waals surface area contributed by atoms with E-state index in [0.29, 0.717) is 16.9 Å². The average molecular weight is 306 g/mol. The number of carbonyl (C=O) groups excluding carboxylic acids is 3. The molecule has 0 atom stereocenters. The highest BCUT2D eigenvalue weighted by atomic mass is 16.5. The Kier molecular flexibility index (Phi) is 3.66. The van der Waals surface area contributed by atoms with Crippen molar-refractivity contribution in [2.45, 2.75) is 6.92 Å². The van der Waals surface area contributed by atoms with Crippen LogP contribution in [0.1, 0.15) is 38.0 Å². The summed E-state index contributed by atoms with van der Waals surface area (Å²) < 4.78 is 5.06. The number of ether oxygens (including phenoxy) is 1. The summed E-state index contributed by atoms with van der Waals surface area (Å²) >= 11 is 0. The third-order valence-electron chi connectivity index (χ3n) is 3.94. The number of hydrogen-bond donors (Lipinski definition) is 0. The molecule has 2 aromatic carbocycles. The minimum atomic E-state index is -0.446. The number of Topliss-reactive ketones (excluding diaryl/α,β-unsaturated/α-hetero) is 3. The molecule has 0 aliphatic heterocycles. The molecule has 0 saturated carbocycles. The molecular formula is C19H14O4. The fourth-order valence-electron chi connectivity index (χ4n) is 2.66. The zero-order valence-corrected chi connectivity index (χ0v) is 12.8. The van der Waals surface area contributed by atoms with Gasteiger partial charge >= 0.3 is 0 Å². The standard InChI is InChI=1S/C19H14O4/c1-11-16(18(21)12-7-9-13(23-2)10-8-12)19(22)15-6-4-3-5-14(15)17(11)20/h3-10H,1-2H3. The van der Waals surface area contributed by atoms with Crippen LogP contribution in [-0.4, -0.2) is 24.5 Å². The summed E-state index contributed by atoms with van der Waals surface area (Å²) in [6.45, 7) is 1.52. The van der Waals surface area contributed by atoms with Crippen LogP contribution in [0.25, 0.3) is 0 Å². The van der Waals surface area contributed by atoms with Gasteiger partial charge < -0.3 is 4.74 Å². The lowest BCUT2D eigenvalue weighted by Crippen LogP contribution is -2.25. The van der Waals surface area contributed by atoms with E-state index in [4.69, 9.17) is 4.74 Å². The van der Waals surface area contributed by atoms with Gasteiger partial charge in [0.05, 0.1) is 12.7 Å². The first-order valence-electron chi connectivity index (χ1n) is 7.12. The highest BCUT2D eigenvalue weighted by Gasteiger charge is 2.33. The van der Waals surface area contributed by atoms with E-state index in [2.05, 4.69) is 0 Å². The van der Waals surface area contributed by atoms with Crippen LogP contribution in [0.4, 0.5) is 0 Å². The summed E-state index contributed by atoms with van der Waals surface area (Å²) in [5, 5.41) is 0. The Bertz CT molecular complexity index is 857. The van der Waals surface area contributed by atoms with Gasteiger partial charge in [-0.15, -0.1) is 0 Å². The summed E-state index contributed by atoms with van der Waals surface area (Å²) in [6, 6.07) is 13.0. The van der Waals surface area contributed by atoms with Crippen molar-refractivity contribution >= 4 is 17.3 Å². The van der Waals surface area contributed by atoms with Crippen molar-refractivity contribution in [3.05, 3.63) is 76.4 Å². The molecule has 114 valence electrons. The number of methoxy groups -OCH3 is 1. The molecule has 3 rings (SSSR count).